The number of rotatable bonds is 3. The number of carbonyl (C=O) groups is 2. The average Bonchev–Trinajstić information content (AvgIpc) is 3.65. The van der Waals surface area contributed by atoms with Crippen molar-refractivity contribution >= 4 is 11.6 Å². The van der Waals surface area contributed by atoms with Gasteiger partial charge in [-0.25, -0.2) is 0 Å². The van der Waals surface area contributed by atoms with Crippen LogP contribution in [0.4, 0.5) is 0 Å². The highest BCUT2D eigenvalue weighted by Crippen LogP contribution is 2.78. The predicted octanol–water partition coefficient (Wildman–Crippen LogP) is 4.62. The predicted molar refractivity (Wildman–Crippen MR) is 116 cm³/mol. The number of ketones is 2. The van der Waals surface area contributed by atoms with E-state index in [0.717, 1.165) is 51.4 Å². The molecule has 0 radical (unpaired) electrons. The zero-order valence-corrected chi connectivity index (χ0v) is 18.2. The highest BCUT2D eigenvalue weighted by molar-refractivity contribution is 6.06. The van der Waals surface area contributed by atoms with Crippen molar-refractivity contribution in [2.45, 2.75) is 70.8 Å². The number of hydrogen-bond acceptors (Lipinski definition) is 3. The molecular weight excluding hydrogens is 384 g/mol. The molecule has 160 valence electrons. The second-order valence-electron chi connectivity index (χ2n) is 12.0. The lowest BCUT2D eigenvalue weighted by atomic mass is 9.53. The maximum absolute atomic E-state index is 12.6. The van der Waals surface area contributed by atoms with Crippen LogP contribution in [0, 0.1) is 40.9 Å². The van der Waals surface area contributed by atoms with Crippen LogP contribution in [-0.4, -0.2) is 22.8 Å². The van der Waals surface area contributed by atoms with Gasteiger partial charge in [0.15, 0.2) is 5.78 Å². The largest absolute Gasteiger partial charge is 0.393 e. The molecule has 5 unspecified atom stereocenters. The summed E-state index contributed by atoms with van der Waals surface area (Å²) in [5.41, 5.74) is 10.5. The highest BCUT2D eigenvalue weighted by Gasteiger charge is 2.70. The van der Waals surface area contributed by atoms with Gasteiger partial charge in [0, 0.05) is 18.3 Å². The van der Waals surface area contributed by atoms with Gasteiger partial charge in [0.25, 0.3) is 0 Å². The molecule has 8 aliphatic carbocycles. The van der Waals surface area contributed by atoms with E-state index in [2.05, 4.69) is 6.92 Å². The molecule has 0 aliphatic heterocycles. The monoisotopic (exact) mass is 414 g/mol. The van der Waals surface area contributed by atoms with Gasteiger partial charge in [-0.3, -0.25) is 9.59 Å². The summed E-state index contributed by atoms with van der Waals surface area (Å²) in [5, 5.41) is 11.0. The van der Waals surface area contributed by atoms with Crippen LogP contribution in [0.2, 0.25) is 0 Å². The van der Waals surface area contributed by atoms with Crippen LogP contribution in [0.25, 0.3) is 0 Å². The third-order valence-corrected chi connectivity index (χ3v) is 10.6. The van der Waals surface area contributed by atoms with Gasteiger partial charge in [-0.1, -0.05) is 12.5 Å². The van der Waals surface area contributed by atoms with Crippen molar-refractivity contribution in [3.8, 4) is 0 Å². The Morgan fingerprint density at radius 1 is 0.968 bits per heavy atom. The minimum Gasteiger partial charge on any atom is -0.393 e. The minimum absolute atomic E-state index is 0.0248. The first-order valence-electron chi connectivity index (χ1n) is 12.7. The molecule has 5 saturated carbocycles. The Morgan fingerprint density at radius 2 is 1.74 bits per heavy atom. The zero-order valence-electron chi connectivity index (χ0n) is 18.2. The van der Waals surface area contributed by atoms with Gasteiger partial charge in [-0.05, 0) is 114 Å². The summed E-state index contributed by atoms with van der Waals surface area (Å²) < 4.78 is 0. The summed E-state index contributed by atoms with van der Waals surface area (Å²) in [4.78, 5) is 24.7. The molecule has 0 amide bonds. The van der Waals surface area contributed by atoms with E-state index in [1.165, 1.54) is 22.3 Å². The van der Waals surface area contributed by atoms with Crippen LogP contribution in [-0.2, 0) is 9.59 Å². The number of hydrogen-bond donors (Lipinski definition) is 1. The summed E-state index contributed by atoms with van der Waals surface area (Å²) in [6, 6.07) is 0. The van der Waals surface area contributed by atoms with Crippen LogP contribution in [0.3, 0.4) is 0 Å². The van der Waals surface area contributed by atoms with Gasteiger partial charge in [0.1, 0.15) is 5.78 Å². The molecule has 1 N–H and O–H groups in total. The van der Waals surface area contributed by atoms with Crippen molar-refractivity contribution in [2.75, 3.05) is 0 Å². The van der Waals surface area contributed by atoms with E-state index in [1.807, 2.05) is 6.08 Å². The van der Waals surface area contributed by atoms with Crippen LogP contribution < -0.4 is 0 Å². The lowest BCUT2D eigenvalue weighted by Crippen LogP contribution is -2.46. The Balaban J connectivity index is 1.21. The molecule has 0 aromatic heterocycles. The van der Waals surface area contributed by atoms with Gasteiger partial charge < -0.3 is 5.11 Å². The number of aliphatic hydroxyl groups excluding tert-OH is 1. The normalized spacial score (nSPS) is 43.0. The number of fused-ring (bicyclic) bond motifs is 6. The molecule has 5 atom stereocenters. The van der Waals surface area contributed by atoms with Crippen molar-refractivity contribution in [2.24, 2.45) is 40.9 Å². The van der Waals surface area contributed by atoms with E-state index < -0.39 is 0 Å². The average molecular weight is 415 g/mol. The topological polar surface area (TPSA) is 54.4 Å². The quantitative estimate of drug-likeness (QED) is 0.733. The number of Topliss-reactive ketones (excluding diaryl/α,β-unsaturated/α-hetero) is 1. The summed E-state index contributed by atoms with van der Waals surface area (Å²) in [6.07, 6.45) is 10.9. The number of aliphatic hydroxyl groups is 1. The second kappa shape index (κ2) is 5.42. The SMILES string of the molecule is CC12CC(C3C4=C5C(=C43)C5C(=O)C3CC3)C3=C4CCC(=O)C=C4CCC3C1CCC2O. The Hall–Kier alpha value is -1.74. The molecule has 0 aromatic carbocycles. The summed E-state index contributed by atoms with van der Waals surface area (Å²) in [7, 11) is 0. The molecule has 5 fully saturated rings. The molecule has 0 heterocycles. The summed E-state index contributed by atoms with van der Waals surface area (Å²) >= 11 is 0. The van der Waals surface area contributed by atoms with Crippen molar-refractivity contribution in [3.05, 3.63) is 45.1 Å². The molecule has 31 heavy (non-hydrogen) atoms. The van der Waals surface area contributed by atoms with Gasteiger partial charge in [0.2, 0.25) is 0 Å². The Kier molecular flexibility index (Phi) is 3.11. The van der Waals surface area contributed by atoms with E-state index in [0.29, 0.717) is 47.6 Å². The van der Waals surface area contributed by atoms with E-state index in [9.17, 15) is 14.7 Å². The standard InChI is InChI=1S/C28H30O3/c1-28-11-17(21-22-23(21)25-24(22)26(25)27(31)12-2-3-12)20-15-7-5-14(29)10-13(15)4-6-16(20)18(28)8-9-19(28)30/h10,12,16-19,21,26,30H,2-9,11H2,1H3. The van der Waals surface area contributed by atoms with Crippen molar-refractivity contribution in [3.63, 3.8) is 0 Å². The van der Waals surface area contributed by atoms with Crippen molar-refractivity contribution in [1.82, 2.24) is 0 Å². The third kappa shape index (κ3) is 2.06. The second-order valence-corrected chi connectivity index (χ2v) is 12.0. The number of carbonyl (C=O) groups excluding carboxylic acids is 2. The lowest BCUT2D eigenvalue weighted by molar-refractivity contribution is -0.120. The Bertz CT molecular complexity index is 1100. The third-order valence-electron chi connectivity index (χ3n) is 10.6. The Labute approximate surface area is 183 Å². The smallest absolute Gasteiger partial charge is 0.156 e. The summed E-state index contributed by atoms with van der Waals surface area (Å²) in [5.74, 6) is 3.55. The van der Waals surface area contributed by atoms with Gasteiger partial charge in [-0.15, -0.1) is 0 Å². The first-order chi connectivity index (χ1) is 15.0. The summed E-state index contributed by atoms with van der Waals surface area (Å²) in [6.45, 7) is 2.36. The van der Waals surface area contributed by atoms with Gasteiger partial charge in [0.05, 0.1) is 12.0 Å². The fraction of sp³-hybridized carbons (Fsp3) is 0.643. The molecule has 0 aromatic rings. The van der Waals surface area contributed by atoms with Crippen LogP contribution in [0.15, 0.2) is 45.1 Å². The minimum atomic E-state index is -0.179. The van der Waals surface area contributed by atoms with Crippen molar-refractivity contribution < 1.29 is 14.7 Å². The maximum Gasteiger partial charge on any atom is 0.156 e. The molecular formula is C28H30O3. The fourth-order valence-electron chi connectivity index (χ4n) is 8.91. The number of allylic oxidation sites excluding steroid dienone is 8. The molecule has 3 nitrogen and oxygen atoms in total. The zero-order chi connectivity index (χ0) is 20.8. The molecule has 8 rings (SSSR count). The van der Waals surface area contributed by atoms with Crippen LogP contribution in [0.5, 0.6) is 0 Å². The molecule has 3 heteroatoms. The van der Waals surface area contributed by atoms with E-state index in [1.54, 1.807) is 16.7 Å². The molecule has 0 bridgehead atoms. The van der Waals surface area contributed by atoms with E-state index >= 15 is 0 Å². The highest BCUT2D eigenvalue weighted by atomic mass is 16.3. The molecule has 8 aliphatic rings. The van der Waals surface area contributed by atoms with Gasteiger partial charge in [-0.2, -0.15) is 0 Å². The van der Waals surface area contributed by atoms with E-state index in [-0.39, 0.29) is 17.4 Å². The molecule has 0 saturated heterocycles. The lowest BCUT2D eigenvalue weighted by Gasteiger charge is -2.52. The van der Waals surface area contributed by atoms with Crippen LogP contribution >= 0.6 is 0 Å². The van der Waals surface area contributed by atoms with Gasteiger partial charge >= 0.3 is 0 Å². The molecule has 0 spiro atoms. The first-order valence-corrected chi connectivity index (χ1v) is 12.7. The maximum atomic E-state index is 12.6. The van der Waals surface area contributed by atoms with E-state index in [4.69, 9.17) is 0 Å². The Morgan fingerprint density at radius 3 is 2.48 bits per heavy atom. The fourth-order valence-corrected chi connectivity index (χ4v) is 8.91. The first kappa shape index (κ1) is 17.8. The van der Waals surface area contributed by atoms with Crippen molar-refractivity contribution in [1.29, 1.82) is 0 Å². The van der Waals surface area contributed by atoms with Crippen LogP contribution in [0.1, 0.15) is 64.7 Å².